The lowest BCUT2D eigenvalue weighted by Crippen LogP contribution is -2.39. The van der Waals surface area contributed by atoms with E-state index in [1.807, 2.05) is 32.1 Å². The predicted octanol–water partition coefficient (Wildman–Crippen LogP) is 3.16. The van der Waals surface area contributed by atoms with Crippen molar-refractivity contribution in [3.8, 4) is 5.75 Å². The van der Waals surface area contributed by atoms with E-state index in [4.69, 9.17) is 9.47 Å². The zero-order chi connectivity index (χ0) is 22.4. The van der Waals surface area contributed by atoms with Gasteiger partial charge < -0.3 is 14.4 Å². The van der Waals surface area contributed by atoms with Crippen molar-refractivity contribution >= 4 is 21.7 Å². The van der Waals surface area contributed by atoms with Gasteiger partial charge in [-0.25, -0.2) is 13.2 Å². The van der Waals surface area contributed by atoms with Crippen LogP contribution in [0.3, 0.4) is 0 Å². The van der Waals surface area contributed by atoms with Gasteiger partial charge in [0.15, 0.2) is 0 Å². The lowest BCUT2D eigenvalue weighted by molar-refractivity contribution is 0.0637. The Labute approximate surface area is 185 Å². The fourth-order valence-electron chi connectivity index (χ4n) is 3.86. The summed E-state index contributed by atoms with van der Waals surface area (Å²) in [6.45, 7) is 6.69. The van der Waals surface area contributed by atoms with Gasteiger partial charge in [-0.15, -0.1) is 0 Å². The number of hydrogen-bond acceptors (Lipinski definition) is 6. The van der Waals surface area contributed by atoms with E-state index < -0.39 is 10.0 Å². The van der Waals surface area contributed by atoms with Crippen molar-refractivity contribution in [2.45, 2.75) is 45.6 Å². The molecule has 0 bridgehead atoms. The van der Waals surface area contributed by atoms with E-state index in [9.17, 15) is 13.2 Å². The van der Waals surface area contributed by atoms with Crippen molar-refractivity contribution in [2.75, 3.05) is 39.0 Å². The summed E-state index contributed by atoms with van der Waals surface area (Å²) in [7, 11) is -3.15. The minimum Gasteiger partial charge on any atom is -0.492 e. The van der Waals surface area contributed by atoms with Crippen molar-refractivity contribution < 1.29 is 22.7 Å². The molecule has 3 rings (SSSR count). The third-order valence-corrected chi connectivity index (χ3v) is 6.98. The standard InChI is InChI=1S/C22H33N3O5S/c1-17(2)30-22(26)24-11-6-18(7-12-24)10-15-29-20-4-5-21(23-16-20)19-8-13-25(14-9-19)31(3,27)28/h4-5,8,16-18H,6-7,9-15H2,1-3H3. The Kier molecular flexibility index (Phi) is 7.94. The van der Waals surface area contributed by atoms with Gasteiger partial charge in [-0.3, -0.25) is 4.98 Å². The van der Waals surface area contributed by atoms with Crippen LogP contribution in [-0.2, 0) is 14.8 Å². The monoisotopic (exact) mass is 451 g/mol. The molecule has 0 radical (unpaired) electrons. The molecule has 9 heteroatoms. The summed E-state index contributed by atoms with van der Waals surface area (Å²) < 4.78 is 35.8. The highest BCUT2D eigenvalue weighted by molar-refractivity contribution is 7.88. The topological polar surface area (TPSA) is 89.0 Å². The molecule has 0 spiro atoms. The number of hydrogen-bond donors (Lipinski definition) is 0. The maximum atomic E-state index is 12.0. The molecule has 0 unspecified atom stereocenters. The quantitative estimate of drug-likeness (QED) is 0.633. The number of amides is 1. The summed E-state index contributed by atoms with van der Waals surface area (Å²) in [6.07, 6.45) is 8.12. The van der Waals surface area contributed by atoms with Crippen LogP contribution in [-0.4, -0.2) is 73.8 Å². The van der Waals surface area contributed by atoms with E-state index >= 15 is 0 Å². The van der Waals surface area contributed by atoms with Crippen molar-refractivity contribution in [1.82, 2.24) is 14.2 Å². The highest BCUT2D eigenvalue weighted by Gasteiger charge is 2.24. The first-order chi connectivity index (χ1) is 14.7. The normalized spacial score (nSPS) is 18.7. The molecule has 2 aliphatic rings. The average molecular weight is 452 g/mol. The van der Waals surface area contributed by atoms with Gasteiger partial charge in [-0.2, -0.15) is 4.31 Å². The van der Waals surface area contributed by atoms with Gasteiger partial charge in [-0.05, 0) is 63.2 Å². The fraction of sp³-hybridized carbons (Fsp3) is 0.636. The molecular formula is C22H33N3O5S. The van der Waals surface area contributed by atoms with Gasteiger partial charge in [-0.1, -0.05) is 6.08 Å². The maximum Gasteiger partial charge on any atom is 0.410 e. The number of piperidine rings is 1. The van der Waals surface area contributed by atoms with Crippen LogP contribution >= 0.6 is 0 Å². The van der Waals surface area contributed by atoms with Gasteiger partial charge in [0.25, 0.3) is 0 Å². The van der Waals surface area contributed by atoms with E-state index in [0.717, 1.165) is 49.4 Å². The molecule has 8 nitrogen and oxygen atoms in total. The zero-order valence-corrected chi connectivity index (χ0v) is 19.4. The summed E-state index contributed by atoms with van der Waals surface area (Å²) in [6, 6.07) is 3.84. The molecule has 1 saturated heterocycles. The highest BCUT2D eigenvalue weighted by Crippen LogP contribution is 2.24. The van der Waals surface area contributed by atoms with Crippen molar-refractivity contribution in [2.24, 2.45) is 5.92 Å². The van der Waals surface area contributed by atoms with E-state index in [2.05, 4.69) is 4.98 Å². The lowest BCUT2D eigenvalue weighted by Gasteiger charge is -2.31. The van der Waals surface area contributed by atoms with Gasteiger partial charge >= 0.3 is 6.09 Å². The Bertz CT molecular complexity index is 875. The van der Waals surface area contributed by atoms with Gasteiger partial charge in [0, 0.05) is 26.2 Å². The first kappa shape index (κ1) is 23.5. The summed E-state index contributed by atoms with van der Waals surface area (Å²) in [5.74, 6) is 1.27. The number of likely N-dealkylation sites (tertiary alicyclic amines) is 1. The van der Waals surface area contributed by atoms with Crippen LogP contribution in [0.4, 0.5) is 4.79 Å². The Morgan fingerprint density at radius 1 is 1.23 bits per heavy atom. The van der Waals surface area contributed by atoms with E-state index in [1.54, 1.807) is 11.1 Å². The number of carbonyl (C=O) groups excluding carboxylic acids is 1. The van der Waals surface area contributed by atoms with Crippen molar-refractivity contribution in [3.63, 3.8) is 0 Å². The molecule has 1 aromatic rings. The second kappa shape index (κ2) is 10.5. The molecule has 172 valence electrons. The molecule has 0 atom stereocenters. The van der Waals surface area contributed by atoms with E-state index in [-0.39, 0.29) is 12.2 Å². The van der Waals surface area contributed by atoms with Gasteiger partial charge in [0.05, 0.1) is 30.9 Å². The molecule has 0 aliphatic carbocycles. The molecule has 0 aromatic carbocycles. The van der Waals surface area contributed by atoms with Crippen LogP contribution in [0, 0.1) is 5.92 Å². The van der Waals surface area contributed by atoms with Crippen LogP contribution in [0.2, 0.25) is 0 Å². The summed E-state index contributed by atoms with van der Waals surface area (Å²) in [4.78, 5) is 18.2. The summed E-state index contributed by atoms with van der Waals surface area (Å²) >= 11 is 0. The SMILES string of the molecule is CC(C)OC(=O)N1CCC(CCOc2ccc(C3=CCN(S(C)(=O)=O)CC3)nc2)CC1. The van der Waals surface area contributed by atoms with E-state index in [1.165, 1.54) is 10.6 Å². The molecule has 31 heavy (non-hydrogen) atoms. The van der Waals surface area contributed by atoms with E-state index in [0.29, 0.717) is 32.0 Å². The Hall–Kier alpha value is -2.13. The van der Waals surface area contributed by atoms with Crippen molar-refractivity contribution in [3.05, 3.63) is 30.1 Å². The molecule has 2 aliphatic heterocycles. The molecule has 1 aromatic heterocycles. The highest BCUT2D eigenvalue weighted by atomic mass is 32.2. The second-order valence-corrected chi connectivity index (χ2v) is 10.5. The zero-order valence-electron chi connectivity index (χ0n) is 18.6. The third kappa shape index (κ3) is 6.93. The molecule has 0 N–H and O–H groups in total. The third-order valence-electron chi connectivity index (χ3n) is 5.71. The average Bonchev–Trinajstić information content (AvgIpc) is 2.74. The fourth-order valence-corrected chi connectivity index (χ4v) is 4.63. The molecule has 3 heterocycles. The second-order valence-electron chi connectivity index (χ2n) is 8.48. The van der Waals surface area contributed by atoms with Crippen LogP contribution in [0.25, 0.3) is 5.57 Å². The number of nitrogens with zero attached hydrogens (tertiary/aromatic N) is 3. The van der Waals surface area contributed by atoms with Crippen LogP contribution < -0.4 is 4.74 Å². The van der Waals surface area contributed by atoms with Crippen molar-refractivity contribution in [1.29, 1.82) is 0 Å². The Morgan fingerprint density at radius 2 is 1.97 bits per heavy atom. The Morgan fingerprint density at radius 3 is 2.52 bits per heavy atom. The molecular weight excluding hydrogens is 418 g/mol. The first-order valence-electron chi connectivity index (χ1n) is 10.9. The maximum absolute atomic E-state index is 12.0. The van der Waals surface area contributed by atoms with Crippen LogP contribution in [0.15, 0.2) is 24.4 Å². The lowest BCUT2D eigenvalue weighted by atomic mass is 9.94. The summed E-state index contributed by atoms with van der Waals surface area (Å²) in [5.41, 5.74) is 1.93. The largest absolute Gasteiger partial charge is 0.492 e. The first-order valence-corrected chi connectivity index (χ1v) is 12.8. The van der Waals surface area contributed by atoms with Gasteiger partial charge in [0.1, 0.15) is 5.75 Å². The number of carbonyl (C=O) groups is 1. The molecule has 1 amide bonds. The molecule has 0 saturated carbocycles. The number of ether oxygens (including phenoxy) is 2. The Balaban J connectivity index is 1.40. The smallest absolute Gasteiger partial charge is 0.410 e. The summed E-state index contributed by atoms with van der Waals surface area (Å²) in [5, 5.41) is 0. The minimum atomic E-state index is -3.15. The predicted molar refractivity (Wildman–Crippen MR) is 119 cm³/mol. The number of aromatic nitrogens is 1. The molecule has 1 fully saturated rings. The number of sulfonamides is 1. The van der Waals surface area contributed by atoms with Crippen LogP contribution in [0.5, 0.6) is 5.75 Å². The minimum absolute atomic E-state index is 0.0878. The van der Waals surface area contributed by atoms with Gasteiger partial charge in [0.2, 0.25) is 10.0 Å². The number of pyridine rings is 1. The van der Waals surface area contributed by atoms with Crippen LogP contribution in [0.1, 0.15) is 45.2 Å². The number of rotatable bonds is 7.